The molecular weight excluding hydrogens is 375 g/mol. The van der Waals surface area contributed by atoms with E-state index in [9.17, 15) is 9.18 Å². The number of hydrogen-bond acceptors (Lipinski definition) is 7. The molecule has 3 aromatic heterocycles. The van der Waals surface area contributed by atoms with Crippen LogP contribution in [-0.2, 0) is 4.79 Å². The molecule has 0 radical (unpaired) electrons. The van der Waals surface area contributed by atoms with Gasteiger partial charge >= 0.3 is 0 Å². The first-order valence-corrected chi connectivity index (χ1v) is 8.60. The van der Waals surface area contributed by atoms with E-state index in [-0.39, 0.29) is 17.3 Å². The number of benzene rings is 1. The van der Waals surface area contributed by atoms with E-state index < -0.39 is 17.6 Å². The second kappa shape index (κ2) is 7.85. The molecule has 0 bridgehead atoms. The van der Waals surface area contributed by atoms with Gasteiger partial charge in [0.2, 0.25) is 5.91 Å². The Balaban J connectivity index is 1.60. The van der Waals surface area contributed by atoms with Crippen molar-refractivity contribution in [1.29, 1.82) is 0 Å². The van der Waals surface area contributed by atoms with Crippen molar-refractivity contribution in [3.05, 3.63) is 84.7 Å². The van der Waals surface area contributed by atoms with Crippen molar-refractivity contribution in [3.8, 4) is 11.3 Å². The largest absolute Gasteiger partial charge is 0.427 e. The second-order valence-corrected chi connectivity index (χ2v) is 6.10. The Hall–Kier alpha value is -4.14. The molecular formula is C20H15FN6O2. The molecule has 9 heteroatoms. The van der Waals surface area contributed by atoms with Crippen LogP contribution in [0.1, 0.15) is 17.2 Å². The number of halogens is 1. The maximum Gasteiger partial charge on any atom is 0.299 e. The Morgan fingerprint density at radius 1 is 1.07 bits per heavy atom. The molecule has 144 valence electrons. The molecule has 0 spiro atoms. The van der Waals surface area contributed by atoms with Gasteiger partial charge in [-0.25, -0.2) is 9.37 Å². The number of amides is 1. The smallest absolute Gasteiger partial charge is 0.299 e. The number of nitrogens with zero attached hydrogens (tertiary/aromatic N) is 4. The van der Waals surface area contributed by atoms with E-state index in [1.807, 2.05) is 0 Å². The van der Waals surface area contributed by atoms with Crippen LogP contribution in [0.4, 0.5) is 16.1 Å². The highest BCUT2D eigenvalue weighted by atomic mass is 19.1. The first kappa shape index (κ1) is 18.2. The number of hydrogen-bond donors (Lipinski definition) is 2. The van der Waals surface area contributed by atoms with Gasteiger partial charge in [0, 0.05) is 29.7 Å². The molecule has 1 unspecified atom stereocenters. The fraction of sp³-hybridized carbons (Fsp3) is 0.0500. The van der Waals surface area contributed by atoms with Crippen LogP contribution in [0.25, 0.3) is 11.3 Å². The molecule has 1 amide bonds. The minimum Gasteiger partial charge on any atom is -0.427 e. The third-order valence-electron chi connectivity index (χ3n) is 4.16. The van der Waals surface area contributed by atoms with E-state index in [2.05, 4.69) is 25.3 Å². The van der Waals surface area contributed by atoms with Crippen LogP contribution in [0.15, 0.2) is 71.9 Å². The van der Waals surface area contributed by atoms with E-state index in [1.165, 1.54) is 24.4 Å². The molecule has 8 nitrogen and oxygen atoms in total. The van der Waals surface area contributed by atoms with Gasteiger partial charge in [0.05, 0.1) is 30.0 Å². The van der Waals surface area contributed by atoms with E-state index in [1.54, 1.807) is 43.1 Å². The predicted octanol–water partition coefficient (Wildman–Crippen LogP) is 3.03. The third kappa shape index (κ3) is 3.93. The Labute approximate surface area is 164 Å². The van der Waals surface area contributed by atoms with Crippen LogP contribution in [0, 0.1) is 5.82 Å². The van der Waals surface area contributed by atoms with E-state index in [0.717, 1.165) is 5.56 Å². The summed E-state index contributed by atoms with van der Waals surface area (Å²) in [5.74, 6) is -2.27. The van der Waals surface area contributed by atoms with Crippen molar-refractivity contribution in [2.45, 2.75) is 5.92 Å². The topological polar surface area (TPSA) is 120 Å². The molecule has 0 aliphatic heterocycles. The number of pyridine rings is 1. The van der Waals surface area contributed by atoms with Crippen molar-refractivity contribution in [1.82, 2.24) is 19.9 Å². The molecule has 0 fully saturated rings. The number of nitrogens with two attached hydrogens (primary N) is 1. The predicted molar refractivity (Wildman–Crippen MR) is 102 cm³/mol. The number of nitrogens with one attached hydrogen (secondary N) is 1. The van der Waals surface area contributed by atoms with E-state index in [0.29, 0.717) is 11.4 Å². The standard InChI is InChI=1S/C20H15FN6O2/c21-15-4-2-1-3-14(15)18(19(22)28)17-11-26-20(29-17)27-13-7-12(8-24-9-13)16-10-23-5-6-25-16/h1-11,18H,(H2,22,28)(H,26,27). The zero-order valence-corrected chi connectivity index (χ0v) is 15.0. The summed E-state index contributed by atoms with van der Waals surface area (Å²) in [6.07, 6.45) is 9.35. The van der Waals surface area contributed by atoms with Crippen LogP contribution in [0.2, 0.25) is 0 Å². The highest BCUT2D eigenvalue weighted by molar-refractivity contribution is 5.85. The maximum absolute atomic E-state index is 14.1. The summed E-state index contributed by atoms with van der Waals surface area (Å²) >= 11 is 0. The van der Waals surface area contributed by atoms with Crippen LogP contribution in [-0.4, -0.2) is 25.8 Å². The molecule has 0 aliphatic carbocycles. The van der Waals surface area contributed by atoms with Gasteiger partial charge in [-0.05, 0) is 12.1 Å². The summed E-state index contributed by atoms with van der Waals surface area (Å²) in [5.41, 5.74) is 7.59. The summed E-state index contributed by atoms with van der Waals surface area (Å²) in [6.45, 7) is 0. The fourth-order valence-electron chi connectivity index (χ4n) is 2.85. The summed E-state index contributed by atoms with van der Waals surface area (Å²) in [4.78, 5) is 28.5. The minimum absolute atomic E-state index is 0.112. The highest BCUT2D eigenvalue weighted by Gasteiger charge is 2.27. The molecule has 1 aromatic carbocycles. The molecule has 1 atom stereocenters. The summed E-state index contributed by atoms with van der Waals surface area (Å²) in [7, 11) is 0. The highest BCUT2D eigenvalue weighted by Crippen LogP contribution is 2.29. The van der Waals surface area contributed by atoms with Crippen molar-refractivity contribution in [2.24, 2.45) is 5.73 Å². The molecule has 0 aliphatic rings. The lowest BCUT2D eigenvalue weighted by atomic mass is 9.96. The van der Waals surface area contributed by atoms with Gasteiger partial charge in [0.25, 0.3) is 6.01 Å². The second-order valence-electron chi connectivity index (χ2n) is 6.10. The maximum atomic E-state index is 14.1. The molecule has 0 saturated carbocycles. The Morgan fingerprint density at radius 2 is 1.93 bits per heavy atom. The zero-order valence-electron chi connectivity index (χ0n) is 15.0. The Morgan fingerprint density at radius 3 is 2.69 bits per heavy atom. The monoisotopic (exact) mass is 390 g/mol. The van der Waals surface area contributed by atoms with Gasteiger partial charge in [0.15, 0.2) is 0 Å². The lowest BCUT2D eigenvalue weighted by Gasteiger charge is -2.11. The SMILES string of the molecule is NC(=O)C(c1cnc(Nc2cncc(-c3cnccn3)c2)o1)c1ccccc1F. The van der Waals surface area contributed by atoms with Crippen molar-refractivity contribution in [2.75, 3.05) is 5.32 Å². The number of aromatic nitrogens is 4. The molecule has 4 aromatic rings. The van der Waals surface area contributed by atoms with Gasteiger partial charge in [-0.1, -0.05) is 18.2 Å². The molecule has 0 saturated heterocycles. The quantitative estimate of drug-likeness (QED) is 0.519. The van der Waals surface area contributed by atoms with Crippen LogP contribution in [0.3, 0.4) is 0 Å². The van der Waals surface area contributed by atoms with Crippen LogP contribution in [0.5, 0.6) is 0 Å². The van der Waals surface area contributed by atoms with Gasteiger partial charge in [-0.3, -0.25) is 19.7 Å². The fourth-order valence-corrected chi connectivity index (χ4v) is 2.85. The van der Waals surface area contributed by atoms with Gasteiger partial charge < -0.3 is 15.5 Å². The molecule has 3 heterocycles. The van der Waals surface area contributed by atoms with Crippen molar-refractivity contribution < 1.29 is 13.6 Å². The number of oxazole rings is 1. The van der Waals surface area contributed by atoms with Gasteiger partial charge in [-0.2, -0.15) is 0 Å². The van der Waals surface area contributed by atoms with Gasteiger partial charge in [0.1, 0.15) is 17.5 Å². The number of carbonyl (C=O) groups excluding carboxylic acids is 1. The average molecular weight is 390 g/mol. The van der Waals surface area contributed by atoms with Crippen molar-refractivity contribution in [3.63, 3.8) is 0 Å². The number of carbonyl (C=O) groups is 1. The van der Waals surface area contributed by atoms with E-state index in [4.69, 9.17) is 10.2 Å². The van der Waals surface area contributed by atoms with Crippen LogP contribution < -0.4 is 11.1 Å². The molecule has 4 rings (SSSR count). The lowest BCUT2D eigenvalue weighted by molar-refractivity contribution is -0.118. The normalized spacial score (nSPS) is 11.8. The first-order valence-electron chi connectivity index (χ1n) is 8.60. The van der Waals surface area contributed by atoms with Crippen molar-refractivity contribution >= 4 is 17.6 Å². The third-order valence-corrected chi connectivity index (χ3v) is 4.16. The number of anilines is 2. The minimum atomic E-state index is -1.09. The molecule has 3 N–H and O–H groups in total. The average Bonchev–Trinajstić information content (AvgIpc) is 3.18. The van der Waals surface area contributed by atoms with Gasteiger partial charge in [-0.15, -0.1) is 0 Å². The van der Waals surface area contributed by atoms with Crippen LogP contribution >= 0.6 is 0 Å². The molecule has 29 heavy (non-hydrogen) atoms. The lowest BCUT2D eigenvalue weighted by Crippen LogP contribution is -2.22. The zero-order chi connectivity index (χ0) is 20.2. The Bertz CT molecular complexity index is 1150. The number of rotatable bonds is 6. The Kier molecular flexibility index (Phi) is 4.93. The summed E-state index contributed by atoms with van der Waals surface area (Å²) in [6, 6.07) is 7.79. The van der Waals surface area contributed by atoms with E-state index >= 15 is 0 Å². The number of primary amides is 1. The summed E-state index contributed by atoms with van der Waals surface area (Å²) < 4.78 is 19.8. The summed E-state index contributed by atoms with van der Waals surface area (Å²) in [5, 5.41) is 2.96. The first-order chi connectivity index (χ1) is 14.1.